The minimum absolute atomic E-state index is 0.550. The molecule has 0 N–H and O–H groups in total. The van der Waals surface area contributed by atoms with Crippen LogP contribution >= 0.6 is 0 Å². The first kappa shape index (κ1) is 31.5. The Balaban J connectivity index is 1.03. The third kappa shape index (κ3) is 5.08. The van der Waals surface area contributed by atoms with Crippen LogP contribution in [-0.4, -0.2) is 15.0 Å². The largest absolute Gasteiger partial charge is 0.456 e. The molecule has 0 unspecified atom stereocenters. The maximum Gasteiger partial charge on any atom is 0.167 e. The van der Waals surface area contributed by atoms with Gasteiger partial charge in [0.25, 0.3) is 0 Å². The fourth-order valence-corrected chi connectivity index (χ4v) is 8.23. The highest BCUT2D eigenvalue weighted by Crippen LogP contribution is 2.43. The van der Waals surface area contributed by atoms with Gasteiger partial charge in [0.1, 0.15) is 33.5 Å². The number of hydrogen-bond donors (Lipinski definition) is 0. The Labute approximate surface area is 325 Å². The molecule has 0 radical (unpaired) electrons. The van der Waals surface area contributed by atoms with Gasteiger partial charge >= 0.3 is 0 Å². The van der Waals surface area contributed by atoms with E-state index in [0.29, 0.717) is 17.5 Å². The second-order valence-electron chi connectivity index (χ2n) is 14.3. The lowest BCUT2D eigenvalue weighted by Crippen LogP contribution is -2.00. The molecule has 0 atom stereocenters. The molecule has 6 heteroatoms. The average molecular weight is 732 g/mol. The van der Waals surface area contributed by atoms with Crippen LogP contribution in [0.3, 0.4) is 0 Å². The molecule has 0 fully saturated rings. The van der Waals surface area contributed by atoms with Crippen molar-refractivity contribution in [3.05, 3.63) is 176 Å². The van der Waals surface area contributed by atoms with Gasteiger partial charge in [0.15, 0.2) is 17.5 Å². The Morgan fingerprint density at radius 1 is 0.281 bits per heavy atom. The topological polar surface area (TPSA) is 78.1 Å². The number of benzene rings is 8. The monoisotopic (exact) mass is 731 g/mol. The first-order chi connectivity index (χ1) is 28.2. The quantitative estimate of drug-likeness (QED) is 0.175. The van der Waals surface area contributed by atoms with Crippen LogP contribution in [0.1, 0.15) is 0 Å². The summed E-state index contributed by atoms with van der Waals surface area (Å²) in [4.78, 5) is 14.9. The zero-order valence-corrected chi connectivity index (χ0v) is 30.3. The molecule has 12 rings (SSSR count). The maximum atomic E-state index is 6.78. The number of hydrogen-bond acceptors (Lipinski definition) is 6. The highest BCUT2D eigenvalue weighted by molar-refractivity contribution is 6.15. The third-order valence-corrected chi connectivity index (χ3v) is 10.9. The second-order valence-corrected chi connectivity index (χ2v) is 14.3. The highest BCUT2D eigenvalue weighted by Gasteiger charge is 2.20. The van der Waals surface area contributed by atoms with Crippen LogP contribution in [0.15, 0.2) is 189 Å². The summed E-state index contributed by atoms with van der Waals surface area (Å²) < 4.78 is 19.7. The summed E-state index contributed by atoms with van der Waals surface area (Å²) in [5, 5.41) is 6.35. The van der Waals surface area contributed by atoms with E-state index in [0.717, 1.165) is 105 Å². The zero-order chi connectivity index (χ0) is 37.5. The van der Waals surface area contributed by atoms with Crippen molar-refractivity contribution in [3.63, 3.8) is 0 Å². The number of furan rings is 3. The molecule has 4 aromatic heterocycles. The van der Waals surface area contributed by atoms with E-state index in [1.165, 1.54) is 0 Å². The molecular formula is C51H29N3O3. The van der Waals surface area contributed by atoms with Crippen molar-refractivity contribution in [1.82, 2.24) is 15.0 Å². The minimum Gasteiger partial charge on any atom is -0.456 e. The van der Waals surface area contributed by atoms with Crippen LogP contribution in [0.4, 0.5) is 0 Å². The van der Waals surface area contributed by atoms with Gasteiger partial charge in [0.2, 0.25) is 0 Å². The van der Waals surface area contributed by atoms with E-state index < -0.39 is 0 Å². The Bertz CT molecular complexity index is 3470. The van der Waals surface area contributed by atoms with Crippen molar-refractivity contribution in [2.24, 2.45) is 0 Å². The fraction of sp³-hybridized carbons (Fsp3) is 0. The van der Waals surface area contributed by atoms with Gasteiger partial charge in [-0.15, -0.1) is 0 Å². The molecule has 0 aliphatic rings. The summed E-state index contributed by atoms with van der Waals surface area (Å²) in [7, 11) is 0. The molecule has 6 nitrogen and oxygen atoms in total. The van der Waals surface area contributed by atoms with E-state index in [4.69, 9.17) is 28.2 Å². The van der Waals surface area contributed by atoms with Gasteiger partial charge in [-0.1, -0.05) is 121 Å². The van der Waals surface area contributed by atoms with Gasteiger partial charge in [0, 0.05) is 43.4 Å². The van der Waals surface area contributed by atoms with E-state index in [2.05, 4.69) is 72.8 Å². The second kappa shape index (κ2) is 12.3. The predicted molar refractivity (Wildman–Crippen MR) is 229 cm³/mol. The Morgan fingerprint density at radius 3 is 1.56 bits per heavy atom. The number of aromatic nitrogens is 3. The molecule has 0 aliphatic heterocycles. The Kier molecular flexibility index (Phi) is 6.83. The van der Waals surface area contributed by atoms with Crippen molar-refractivity contribution in [1.29, 1.82) is 0 Å². The van der Waals surface area contributed by atoms with Gasteiger partial charge < -0.3 is 13.3 Å². The summed E-state index contributed by atoms with van der Waals surface area (Å²) >= 11 is 0. The van der Waals surface area contributed by atoms with Crippen molar-refractivity contribution in [2.75, 3.05) is 0 Å². The summed E-state index contributed by atoms with van der Waals surface area (Å²) in [6.45, 7) is 0. The third-order valence-electron chi connectivity index (χ3n) is 10.9. The standard InChI is InChI=1S/C51H29N3O3/c1-3-12-30(13-4-1)49-52-50(31-14-5-2-6-15-31)54-51(53-49)40-19-11-18-38-37-24-22-32(27-45(37)57-48(38)40)34-26-41(47-39-17-8-10-21-43(39)56-46(47)29-34)33-23-25-36-35-16-7-9-20-42(35)55-44(36)28-33/h1-29H. The average Bonchev–Trinajstić information content (AvgIpc) is 3.97. The molecule has 0 bridgehead atoms. The lowest BCUT2D eigenvalue weighted by molar-refractivity contribution is 0.668. The number of fused-ring (bicyclic) bond motifs is 9. The number of para-hydroxylation sites is 3. The van der Waals surface area contributed by atoms with Gasteiger partial charge in [-0.2, -0.15) is 0 Å². The molecular weight excluding hydrogens is 703 g/mol. The van der Waals surface area contributed by atoms with Gasteiger partial charge in [-0.05, 0) is 76.9 Å². The molecule has 4 heterocycles. The smallest absolute Gasteiger partial charge is 0.167 e. The van der Waals surface area contributed by atoms with Gasteiger partial charge in [-0.25, -0.2) is 15.0 Å². The first-order valence-corrected chi connectivity index (χ1v) is 18.9. The highest BCUT2D eigenvalue weighted by atomic mass is 16.3. The lowest BCUT2D eigenvalue weighted by Gasteiger charge is -2.09. The predicted octanol–water partition coefficient (Wildman–Crippen LogP) is 13.9. The van der Waals surface area contributed by atoms with Crippen LogP contribution in [0, 0.1) is 0 Å². The summed E-state index contributed by atoms with van der Waals surface area (Å²) in [5.41, 5.74) is 11.7. The van der Waals surface area contributed by atoms with Crippen molar-refractivity contribution in [2.45, 2.75) is 0 Å². The molecule has 0 saturated carbocycles. The number of rotatable bonds is 5. The summed E-state index contributed by atoms with van der Waals surface area (Å²) in [6.07, 6.45) is 0. The van der Waals surface area contributed by atoms with Gasteiger partial charge in [-0.3, -0.25) is 0 Å². The van der Waals surface area contributed by atoms with Crippen LogP contribution in [0.5, 0.6) is 0 Å². The van der Waals surface area contributed by atoms with Crippen LogP contribution in [0.2, 0.25) is 0 Å². The van der Waals surface area contributed by atoms with E-state index >= 15 is 0 Å². The molecule has 12 aromatic rings. The Hall–Kier alpha value is -7.83. The van der Waals surface area contributed by atoms with Crippen molar-refractivity contribution in [3.8, 4) is 56.4 Å². The fourth-order valence-electron chi connectivity index (χ4n) is 8.23. The van der Waals surface area contributed by atoms with E-state index in [1.807, 2.05) is 103 Å². The van der Waals surface area contributed by atoms with E-state index in [1.54, 1.807) is 0 Å². The van der Waals surface area contributed by atoms with E-state index in [9.17, 15) is 0 Å². The lowest BCUT2D eigenvalue weighted by atomic mass is 9.93. The molecule has 8 aromatic carbocycles. The molecule has 266 valence electrons. The molecule has 0 spiro atoms. The molecule has 0 saturated heterocycles. The summed E-state index contributed by atoms with van der Waals surface area (Å²) in [6, 6.07) is 59.9. The molecule has 0 amide bonds. The van der Waals surface area contributed by atoms with Crippen LogP contribution in [0.25, 0.3) is 122 Å². The van der Waals surface area contributed by atoms with Crippen molar-refractivity contribution >= 4 is 65.8 Å². The molecule has 0 aliphatic carbocycles. The first-order valence-electron chi connectivity index (χ1n) is 18.9. The van der Waals surface area contributed by atoms with Crippen molar-refractivity contribution < 1.29 is 13.3 Å². The molecule has 57 heavy (non-hydrogen) atoms. The zero-order valence-electron chi connectivity index (χ0n) is 30.3. The van der Waals surface area contributed by atoms with Crippen LogP contribution in [-0.2, 0) is 0 Å². The van der Waals surface area contributed by atoms with Crippen LogP contribution < -0.4 is 0 Å². The minimum atomic E-state index is 0.550. The number of nitrogens with zero attached hydrogens (tertiary/aromatic N) is 3. The van der Waals surface area contributed by atoms with E-state index in [-0.39, 0.29) is 0 Å². The maximum absolute atomic E-state index is 6.78. The Morgan fingerprint density at radius 2 is 0.807 bits per heavy atom. The normalized spacial score (nSPS) is 11.9. The summed E-state index contributed by atoms with van der Waals surface area (Å²) in [5.74, 6) is 1.76. The van der Waals surface area contributed by atoms with Gasteiger partial charge in [0.05, 0.1) is 5.56 Å². The SMILES string of the molecule is c1ccc(-c2nc(-c3ccccc3)nc(-c3cccc4c3oc3cc(-c5cc(-c6ccc7c(c6)oc6ccccc67)c6c(c5)oc5ccccc56)ccc34)n2)cc1.